The first-order chi connectivity index (χ1) is 9.67. The van der Waals surface area contributed by atoms with Gasteiger partial charge in [0.15, 0.2) is 0 Å². The van der Waals surface area contributed by atoms with E-state index in [1.165, 1.54) is 6.07 Å². The van der Waals surface area contributed by atoms with Gasteiger partial charge in [-0.25, -0.2) is 4.39 Å². The van der Waals surface area contributed by atoms with Gasteiger partial charge in [0, 0.05) is 35.7 Å². The maximum Gasteiger partial charge on any atom is 0.125 e. The van der Waals surface area contributed by atoms with Gasteiger partial charge in [0.1, 0.15) is 11.6 Å². The predicted octanol–water partition coefficient (Wildman–Crippen LogP) is 3.50. The normalized spacial score (nSPS) is 13.4. The van der Waals surface area contributed by atoms with E-state index >= 15 is 0 Å². The fourth-order valence-electron chi connectivity index (χ4n) is 2.63. The quantitative estimate of drug-likeness (QED) is 0.869. The van der Waals surface area contributed by atoms with Gasteiger partial charge in [-0.2, -0.15) is 0 Å². The van der Waals surface area contributed by atoms with Crippen molar-refractivity contribution in [3.8, 4) is 5.75 Å². The summed E-state index contributed by atoms with van der Waals surface area (Å²) in [7, 11) is 0. The smallest absolute Gasteiger partial charge is 0.125 e. The number of nitrogens with two attached hydrogens (primary N) is 1. The highest BCUT2D eigenvalue weighted by Crippen LogP contribution is 2.37. The zero-order valence-corrected chi connectivity index (χ0v) is 11.4. The van der Waals surface area contributed by atoms with Gasteiger partial charge in [-0.05, 0) is 37.1 Å². The van der Waals surface area contributed by atoms with E-state index in [2.05, 4.69) is 4.90 Å². The van der Waals surface area contributed by atoms with Crippen LogP contribution in [-0.2, 0) is 6.42 Å². The largest absolute Gasteiger partial charge is 0.494 e. The third kappa shape index (κ3) is 2.29. The molecule has 20 heavy (non-hydrogen) atoms. The summed E-state index contributed by atoms with van der Waals surface area (Å²) >= 11 is 0. The number of benzene rings is 2. The minimum atomic E-state index is -0.218. The van der Waals surface area contributed by atoms with Gasteiger partial charge in [0.25, 0.3) is 0 Å². The lowest BCUT2D eigenvalue weighted by Crippen LogP contribution is -2.13. The van der Waals surface area contributed by atoms with Crippen LogP contribution in [0.3, 0.4) is 0 Å². The second-order valence-corrected chi connectivity index (χ2v) is 4.87. The number of fused-ring (bicyclic) bond motifs is 1. The molecule has 3 nitrogen and oxygen atoms in total. The molecule has 2 N–H and O–H groups in total. The molecule has 0 unspecified atom stereocenters. The number of rotatable bonds is 3. The fraction of sp³-hybridized carbons (Fsp3) is 0.250. The lowest BCUT2D eigenvalue weighted by atomic mass is 10.1. The van der Waals surface area contributed by atoms with Crippen molar-refractivity contribution in [2.45, 2.75) is 13.3 Å². The summed E-state index contributed by atoms with van der Waals surface area (Å²) in [5.41, 5.74) is 9.59. The Labute approximate surface area is 117 Å². The Morgan fingerprint density at radius 1 is 1.25 bits per heavy atom. The molecule has 1 heterocycles. The van der Waals surface area contributed by atoms with Gasteiger partial charge in [-0.15, -0.1) is 0 Å². The molecule has 4 heteroatoms. The zero-order valence-electron chi connectivity index (χ0n) is 11.4. The van der Waals surface area contributed by atoms with Crippen molar-refractivity contribution in [3.63, 3.8) is 0 Å². The Morgan fingerprint density at radius 2 is 2.10 bits per heavy atom. The van der Waals surface area contributed by atoms with E-state index in [1.54, 1.807) is 12.1 Å². The SMILES string of the molecule is CCOc1cc(N)cc(N2CCc3ccc(F)cc32)c1. The van der Waals surface area contributed by atoms with Gasteiger partial charge in [0.2, 0.25) is 0 Å². The van der Waals surface area contributed by atoms with Crippen molar-refractivity contribution in [2.75, 3.05) is 23.8 Å². The summed E-state index contributed by atoms with van der Waals surface area (Å²) in [6.07, 6.45) is 0.911. The molecule has 0 atom stereocenters. The van der Waals surface area contributed by atoms with Crippen molar-refractivity contribution in [3.05, 3.63) is 47.8 Å². The molecule has 0 aliphatic carbocycles. The van der Waals surface area contributed by atoms with Crippen LogP contribution in [0.2, 0.25) is 0 Å². The number of hydrogen-bond acceptors (Lipinski definition) is 3. The van der Waals surface area contributed by atoms with Crippen LogP contribution in [0.1, 0.15) is 12.5 Å². The highest BCUT2D eigenvalue weighted by atomic mass is 19.1. The minimum Gasteiger partial charge on any atom is -0.494 e. The Hall–Kier alpha value is -2.23. The number of hydrogen-bond donors (Lipinski definition) is 1. The van der Waals surface area contributed by atoms with Gasteiger partial charge >= 0.3 is 0 Å². The Balaban J connectivity index is 2.01. The van der Waals surface area contributed by atoms with E-state index < -0.39 is 0 Å². The molecule has 0 radical (unpaired) electrons. The van der Waals surface area contributed by atoms with Crippen LogP contribution in [0.5, 0.6) is 5.75 Å². The molecule has 104 valence electrons. The Morgan fingerprint density at radius 3 is 2.90 bits per heavy atom. The van der Waals surface area contributed by atoms with Crippen LogP contribution in [-0.4, -0.2) is 13.2 Å². The summed E-state index contributed by atoms with van der Waals surface area (Å²) < 4.78 is 19.0. The molecule has 1 aliphatic heterocycles. The monoisotopic (exact) mass is 272 g/mol. The molecule has 3 rings (SSSR count). The third-order valence-corrected chi connectivity index (χ3v) is 3.48. The zero-order chi connectivity index (χ0) is 14.1. The average molecular weight is 272 g/mol. The summed E-state index contributed by atoms with van der Waals surface area (Å²) in [5, 5.41) is 0. The van der Waals surface area contributed by atoms with Gasteiger partial charge in [0.05, 0.1) is 6.61 Å². The van der Waals surface area contributed by atoms with E-state index in [-0.39, 0.29) is 5.82 Å². The number of halogens is 1. The first-order valence-corrected chi connectivity index (χ1v) is 6.76. The molecule has 0 amide bonds. The molecule has 0 spiro atoms. The molecule has 0 saturated carbocycles. The fourth-order valence-corrected chi connectivity index (χ4v) is 2.63. The molecule has 0 aromatic heterocycles. The first-order valence-electron chi connectivity index (χ1n) is 6.76. The molecule has 2 aromatic carbocycles. The summed E-state index contributed by atoms with van der Waals surface area (Å²) in [5.74, 6) is 0.525. The standard InChI is InChI=1S/C16H17FN2O/c1-2-20-15-9-13(18)8-14(10-15)19-6-5-11-3-4-12(17)7-16(11)19/h3-4,7-10H,2,5-6,18H2,1H3. The van der Waals surface area contributed by atoms with Crippen LogP contribution in [0.25, 0.3) is 0 Å². The van der Waals surface area contributed by atoms with Crippen LogP contribution >= 0.6 is 0 Å². The third-order valence-electron chi connectivity index (χ3n) is 3.48. The van der Waals surface area contributed by atoms with Crippen molar-refractivity contribution in [1.82, 2.24) is 0 Å². The second kappa shape index (κ2) is 5.04. The van der Waals surface area contributed by atoms with Gasteiger partial charge < -0.3 is 15.4 Å². The van der Waals surface area contributed by atoms with Crippen LogP contribution in [0.15, 0.2) is 36.4 Å². The van der Waals surface area contributed by atoms with Crippen molar-refractivity contribution in [2.24, 2.45) is 0 Å². The molecular weight excluding hydrogens is 255 g/mol. The van der Waals surface area contributed by atoms with E-state index in [1.807, 2.05) is 25.1 Å². The average Bonchev–Trinajstić information content (AvgIpc) is 2.81. The Kier molecular flexibility index (Phi) is 3.22. The summed E-state index contributed by atoms with van der Waals surface area (Å²) in [6.45, 7) is 3.35. The summed E-state index contributed by atoms with van der Waals surface area (Å²) in [6, 6.07) is 10.6. The minimum absolute atomic E-state index is 0.218. The second-order valence-electron chi connectivity index (χ2n) is 4.87. The van der Waals surface area contributed by atoms with Crippen LogP contribution < -0.4 is 15.4 Å². The van der Waals surface area contributed by atoms with E-state index in [0.717, 1.165) is 35.7 Å². The predicted molar refractivity (Wildman–Crippen MR) is 79.1 cm³/mol. The van der Waals surface area contributed by atoms with Gasteiger partial charge in [-0.3, -0.25) is 0 Å². The topological polar surface area (TPSA) is 38.5 Å². The molecule has 0 saturated heterocycles. The lowest BCUT2D eigenvalue weighted by Gasteiger charge is -2.21. The van der Waals surface area contributed by atoms with Gasteiger partial charge in [-0.1, -0.05) is 6.07 Å². The van der Waals surface area contributed by atoms with Crippen LogP contribution in [0.4, 0.5) is 21.5 Å². The van der Waals surface area contributed by atoms with E-state index in [4.69, 9.17) is 10.5 Å². The highest BCUT2D eigenvalue weighted by molar-refractivity contribution is 5.73. The molecule has 0 fully saturated rings. The van der Waals surface area contributed by atoms with E-state index in [0.29, 0.717) is 12.3 Å². The first kappa shape index (κ1) is 12.8. The van der Waals surface area contributed by atoms with Crippen molar-refractivity contribution in [1.29, 1.82) is 0 Å². The van der Waals surface area contributed by atoms with Crippen molar-refractivity contribution < 1.29 is 9.13 Å². The number of nitrogen functional groups attached to an aromatic ring is 1. The maximum atomic E-state index is 13.5. The molecule has 1 aliphatic rings. The molecular formula is C16H17FN2O. The number of ether oxygens (including phenoxy) is 1. The lowest BCUT2D eigenvalue weighted by molar-refractivity contribution is 0.340. The van der Waals surface area contributed by atoms with Crippen molar-refractivity contribution >= 4 is 17.1 Å². The molecule has 0 bridgehead atoms. The number of nitrogens with zero attached hydrogens (tertiary/aromatic N) is 1. The highest BCUT2D eigenvalue weighted by Gasteiger charge is 2.21. The Bertz CT molecular complexity index is 642. The van der Waals surface area contributed by atoms with E-state index in [9.17, 15) is 4.39 Å². The van der Waals surface area contributed by atoms with Crippen LogP contribution in [0, 0.1) is 5.82 Å². The summed E-state index contributed by atoms with van der Waals surface area (Å²) in [4.78, 5) is 2.08. The maximum absolute atomic E-state index is 13.5. The number of anilines is 3. The molecule has 2 aromatic rings.